The third-order valence-corrected chi connectivity index (χ3v) is 5.74. The maximum absolute atomic E-state index is 2.50. The van der Waals surface area contributed by atoms with Gasteiger partial charge in [0.05, 0.1) is 0 Å². The van der Waals surface area contributed by atoms with Crippen LogP contribution in [0, 0.1) is 29.6 Å². The Kier molecular flexibility index (Phi) is 11.6. The molecule has 0 bridgehead atoms. The smallest absolute Gasteiger partial charge is 0.0391 e. The van der Waals surface area contributed by atoms with Crippen LogP contribution in [-0.4, -0.2) is 0 Å². The topological polar surface area (TPSA) is 0 Å². The van der Waals surface area contributed by atoms with Crippen LogP contribution in [0.4, 0.5) is 0 Å². The van der Waals surface area contributed by atoms with E-state index in [1.54, 1.807) is 0 Å². The third kappa shape index (κ3) is 8.32. The molecule has 0 nitrogen and oxygen atoms in total. The van der Waals surface area contributed by atoms with E-state index in [1.807, 2.05) is 0 Å². The molecule has 0 heterocycles. The fourth-order valence-electron chi connectivity index (χ4n) is 3.67. The molecule has 5 atom stereocenters. The molecule has 0 aliphatic carbocycles. The first-order chi connectivity index (χ1) is 9.46. The van der Waals surface area contributed by atoms with Crippen molar-refractivity contribution in [3.05, 3.63) is 0 Å². The van der Waals surface area contributed by atoms with Gasteiger partial charge in [-0.3, -0.25) is 0 Å². The van der Waals surface area contributed by atoms with Crippen molar-refractivity contribution in [2.75, 3.05) is 0 Å². The number of hydrogen-bond acceptors (Lipinski definition) is 0. The van der Waals surface area contributed by atoms with Crippen molar-refractivity contribution < 1.29 is 0 Å². The average Bonchev–Trinajstić information content (AvgIpc) is 2.42. The molecule has 0 aliphatic heterocycles. The van der Waals surface area contributed by atoms with Gasteiger partial charge in [-0.25, -0.2) is 0 Å². The highest BCUT2D eigenvalue weighted by atomic mass is 14.3. The first-order valence-electron chi connectivity index (χ1n) is 9.46. The first-order valence-corrected chi connectivity index (χ1v) is 9.46. The van der Waals surface area contributed by atoms with Gasteiger partial charge < -0.3 is 0 Å². The maximum atomic E-state index is 2.50. The van der Waals surface area contributed by atoms with Crippen molar-refractivity contribution in [3.63, 3.8) is 0 Å². The van der Waals surface area contributed by atoms with Crippen LogP contribution < -0.4 is 0 Å². The fourth-order valence-corrected chi connectivity index (χ4v) is 3.67. The van der Waals surface area contributed by atoms with Crippen LogP contribution in [-0.2, 0) is 0 Å². The van der Waals surface area contributed by atoms with E-state index in [-0.39, 0.29) is 0 Å². The van der Waals surface area contributed by atoms with Crippen molar-refractivity contribution in [3.8, 4) is 0 Å². The molecule has 122 valence electrons. The Morgan fingerprint density at radius 1 is 0.650 bits per heavy atom. The Balaban J connectivity index is 4.05. The largest absolute Gasteiger partial charge is 0.0654 e. The van der Waals surface area contributed by atoms with E-state index in [0.29, 0.717) is 0 Å². The van der Waals surface area contributed by atoms with Crippen molar-refractivity contribution in [2.24, 2.45) is 29.6 Å². The minimum atomic E-state index is 0.888. The summed E-state index contributed by atoms with van der Waals surface area (Å²) in [4.78, 5) is 0. The van der Waals surface area contributed by atoms with E-state index in [1.165, 1.54) is 51.4 Å². The van der Waals surface area contributed by atoms with Crippen molar-refractivity contribution >= 4 is 0 Å². The lowest BCUT2D eigenvalue weighted by molar-refractivity contribution is 0.228. The molecule has 0 rings (SSSR count). The molecule has 0 spiro atoms. The molecule has 0 N–H and O–H groups in total. The van der Waals surface area contributed by atoms with Gasteiger partial charge >= 0.3 is 0 Å². The molecule has 0 heteroatoms. The van der Waals surface area contributed by atoms with Gasteiger partial charge in [0.25, 0.3) is 0 Å². The highest BCUT2D eigenvalue weighted by Crippen LogP contribution is 2.31. The van der Waals surface area contributed by atoms with Gasteiger partial charge in [0.2, 0.25) is 0 Å². The first kappa shape index (κ1) is 20.0. The molecular weight excluding hydrogens is 240 g/mol. The molecule has 0 amide bonds. The lowest BCUT2D eigenvalue weighted by Crippen LogP contribution is -2.18. The third-order valence-electron chi connectivity index (χ3n) is 5.74. The SMILES string of the molecule is CCCC(C)CCCC(CC)C(C)CC(C)C(C)CC. The fraction of sp³-hybridized carbons (Fsp3) is 1.00. The monoisotopic (exact) mass is 282 g/mol. The zero-order chi connectivity index (χ0) is 15.5. The van der Waals surface area contributed by atoms with Crippen LogP contribution in [0.1, 0.15) is 99.8 Å². The molecule has 0 aromatic carbocycles. The number of hydrogen-bond donors (Lipinski definition) is 0. The summed E-state index contributed by atoms with van der Waals surface area (Å²) in [5.41, 5.74) is 0. The second-order valence-electron chi connectivity index (χ2n) is 7.57. The second-order valence-corrected chi connectivity index (χ2v) is 7.57. The van der Waals surface area contributed by atoms with Gasteiger partial charge in [0, 0.05) is 0 Å². The zero-order valence-electron chi connectivity index (χ0n) is 15.5. The Bertz CT molecular complexity index is 208. The van der Waals surface area contributed by atoms with E-state index >= 15 is 0 Å². The minimum absolute atomic E-state index is 0.888. The molecule has 0 fully saturated rings. The van der Waals surface area contributed by atoms with Crippen molar-refractivity contribution in [1.82, 2.24) is 0 Å². The lowest BCUT2D eigenvalue weighted by atomic mass is 9.78. The summed E-state index contributed by atoms with van der Waals surface area (Å²) in [6.07, 6.45) is 11.2. The van der Waals surface area contributed by atoms with Gasteiger partial charge in [0.15, 0.2) is 0 Å². The van der Waals surface area contributed by atoms with Gasteiger partial charge in [-0.15, -0.1) is 0 Å². The molecule has 5 unspecified atom stereocenters. The summed E-state index contributed by atoms with van der Waals surface area (Å²) in [5, 5.41) is 0. The molecule has 0 aromatic heterocycles. The minimum Gasteiger partial charge on any atom is -0.0654 e. The van der Waals surface area contributed by atoms with Gasteiger partial charge in [0.1, 0.15) is 0 Å². The van der Waals surface area contributed by atoms with Crippen molar-refractivity contribution in [1.29, 1.82) is 0 Å². The Morgan fingerprint density at radius 3 is 1.80 bits per heavy atom. The molecule has 0 saturated carbocycles. The molecule has 20 heavy (non-hydrogen) atoms. The Hall–Kier alpha value is 0. The Labute approximate surface area is 130 Å². The van der Waals surface area contributed by atoms with E-state index in [4.69, 9.17) is 0 Å². The molecule has 0 aromatic rings. The van der Waals surface area contributed by atoms with Crippen LogP contribution in [0.25, 0.3) is 0 Å². The maximum Gasteiger partial charge on any atom is -0.0391 e. The van der Waals surface area contributed by atoms with E-state index in [0.717, 1.165) is 29.6 Å². The van der Waals surface area contributed by atoms with E-state index in [9.17, 15) is 0 Å². The molecule has 0 radical (unpaired) electrons. The summed E-state index contributed by atoms with van der Waals surface area (Å²) < 4.78 is 0. The summed E-state index contributed by atoms with van der Waals surface area (Å²) in [6.45, 7) is 16.8. The van der Waals surface area contributed by atoms with E-state index < -0.39 is 0 Å². The normalized spacial score (nSPS) is 19.4. The second kappa shape index (κ2) is 11.6. The molecule has 0 saturated heterocycles. The summed E-state index contributed by atoms with van der Waals surface area (Å²) in [5.74, 6) is 4.58. The van der Waals surface area contributed by atoms with Crippen LogP contribution in [0.3, 0.4) is 0 Å². The lowest BCUT2D eigenvalue weighted by Gasteiger charge is -2.28. The van der Waals surface area contributed by atoms with Crippen LogP contribution in [0.2, 0.25) is 0 Å². The predicted molar refractivity (Wildman–Crippen MR) is 94.1 cm³/mol. The molecule has 0 aliphatic rings. The van der Waals surface area contributed by atoms with Crippen LogP contribution in [0.15, 0.2) is 0 Å². The number of rotatable bonds is 12. The average molecular weight is 283 g/mol. The predicted octanol–water partition coefficient (Wildman–Crippen LogP) is 7.33. The Morgan fingerprint density at radius 2 is 1.30 bits per heavy atom. The van der Waals surface area contributed by atoms with Gasteiger partial charge in [-0.2, -0.15) is 0 Å². The van der Waals surface area contributed by atoms with Crippen LogP contribution in [0.5, 0.6) is 0 Å². The summed E-state index contributed by atoms with van der Waals surface area (Å²) >= 11 is 0. The standard InChI is InChI=1S/C20H42/c1-8-12-16(4)13-11-14-20(10-3)19(7)15-18(6)17(5)9-2/h16-20H,8-15H2,1-7H3. The quantitative estimate of drug-likeness (QED) is 0.351. The van der Waals surface area contributed by atoms with Crippen molar-refractivity contribution in [2.45, 2.75) is 99.8 Å². The van der Waals surface area contributed by atoms with Crippen LogP contribution >= 0.6 is 0 Å². The highest BCUT2D eigenvalue weighted by molar-refractivity contribution is 4.71. The van der Waals surface area contributed by atoms with E-state index in [2.05, 4.69) is 48.5 Å². The zero-order valence-corrected chi connectivity index (χ0v) is 15.5. The summed E-state index contributed by atoms with van der Waals surface area (Å²) in [6, 6.07) is 0. The molecular formula is C20H42. The summed E-state index contributed by atoms with van der Waals surface area (Å²) in [7, 11) is 0. The van der Waals surface area contributed by atoms with Gasteiger partial charge in [-0.05, 0) is 36.0 Å². The van der Waals surface area contributed by atoms with Gasteiger partial charge in [-0.1, -0.05) is 93.4 Å². The highest BCUT2D eigenvalue weighted by Gasteiger charge is 2.20.